The van der Waals surface area contributed by atoms with Crippen LogP contribution in [-0.4, -0.2) is 45.8 Å². The van der Waals surface area contributed by atoms with E-state index in [9.17, 15) is 9.59 Å². The third kappa shape index (κ3) is 3.94. The summed E-state index contributed by atoms with van der Waals surface area (Å²) in [4.78, 5) is 32.9. The summed E-state index contributed by atoms with van der Waals surface area (Å²) in [7, 11) is 1.58. The normalized spacial score (nSPS) is 16.6. The van der Waals surface area contributed by atoms with Gasteiger partial charge in [-0.3, -0.25) is 14.2 Å². The van der Waals surface area contributed by atoms with Gasteiger partial charge in [-0.05, 0) is 50.5 Å². The zero-order chi connectivity index (χ0) is 21.1. The number of hydrogen-bond acceptors (Lipinski definition) is 5. The molecule has 1 fully saturated rings. The Morgan fingerprint density at radius 1 is 1.17 bits per heavy atom. The molecular formula is C23H25N3O3S. The number of ether oxygens (including phenoxy) is 1. The summed E-state index contributed by atoms with van der Waals surface area (Å²) in [6, 6.07) is 14.9. The van der Waals surface area contributed by atoms with Crippen LogP contribution in [0.2, 0.25) is 0 Å². The molecule has 1 aliphatic heterocycles. The fourth-order valence-corrected chi connectivity index (χ4v) is 4.81. The van der Waals surface area contributed by atoms with Crippen molar-refractivity contribution in [3.63, 3.8) is 0 Å². The number of carbonyl (C=O) groups is 1. The number of likely N-dealkylation sites (tertiary alicyclic amines) is 1. The van der Waals surface area contributed by atoms with Gasteiger partial charge in [-0.15, -0.1) is 0 Å². The zero-order valence-corrected chi connectivity index (χ0v) is 18.0. The van der Waals surface area contributed by atoms with Gasteiger partial charge >= 0.3 is 0 Å². The van der Waals surface area contributed by atoms with Crippen molar-refractivity contribution in [2.45, 2.75) is 37.4 Å². The standard InChI is InChI=1S/C23H25N3O3S/c1-16-9-7-8-14-25(16)21(27)15-30-23-24-18-11-4-3-10-17(18)22(28)26(23)19-12-5-6-13-20(19)29-2/h3-6,10-13,16H,7-9,14-15H2,1-2H3/t16-/m1/s1. The molecule has 0 spiro atoms. The molecular weight excluding hydrogens is 398 g/mol. The highest BCUT2D eigenvalue weighted by atomic mass is 32.2. The first-order chi connectivity index (χ1) is 14.6. The summed E-state index contributed by atoms with van der Waals surface area (Å²) in [5.41, 5.74) is 1.06. The summed E-state index contributed by atoms with van der Waals surface area (Å²) in [6.45, 7) is 2.89. The SMILES string of the molecule is COc1ccccc1-n1c(SCC(=O)N2CCCC[C@H]2C)nc2ccccc2c1=O. The van der Waals surface area contributed by atoms with E-state index in [0.29, 0.717) is 27.5 Å². The molecule has 2 heterocycles. The number of benzene rings is 2. The minimum absolute atomic E-state index is 0.0844. The second-order valence-electron chi connectivity index (χ2n) is 7.44. The van der Waals surface area contributed by atoms with Gasteiger partial charge in [0.15, 0.2) is 5.16 Å². The molecule has 1 amide bonds. The van der Waals surface area contributed by atoms with Crippen LogP contribution < -0.4 is 10.3 Å². The van der Waals surface area contributed by atoms with E-state index in [2.05, 4.69) is 6.92 Å². The molecule has 0 radical (unpaired) electrons. The van der Waals surface area contributed by atoms with E-state index in [1.807, 2.05) is 47.4 Å². The van der Waals surface area contributed by atoms with Crippen molar-refractivity contribution in [2.75, 3.05) is 19.4 Å². The third-order valence-electron chi connectivity index (χ3n) is 5.52. The van der Waals surface area contributed by atoms with Crippen LogP contribution in [0.5, 0.6) is 5.75 Å². The van der Waals surface area contributed by atoms with Gasteiger partial charge in [0.2, 0.25) is 5.91 Å². The number of nitrogens with zero attached hydrogens (tertiary/aromatic N) is 3. The summed E-state index contributed by atoms with van der Waals surface area (Å²) in [6.07, 6.45) is 3.25. The van der Waals surface area contributed by atoms with Crippen molar-refractivity contribution < 1.29 is 9.53 Å². The Morgan fingerprint density at radius 2 is 1.93 bits per heavy atom. The van der Waals surface area contributed by atoms with Gasteiger partial charge in [0.25, 0.3) is 5.56 Å². The van der Waals surface area contributed by atoms with Crippen LogP contribution in [0.1, 0.15) is 26.2 Å². The maximum absolute atomic E-state index is 13.4. The second-order valence-corrected chi connectivity index (χ2v) is 8.39. The lowest BCUT2D eigenvalue weighted by molar-refractivity contribution is -0.131. The van der Waals surface area contributed by atoms with Crippen molar-refractivity contribution in [1.82, 2.24) is 14.5 Å². The molecule has 1 aromatic heterocycles. The maximum atomic E-state index is 13.4. The van der Waals surface area contributed by atoms with Crippen LogP contribution >= 0.6 is 11.8 Å². The number of para-hydroxylation sites is 3. The van der Waals surface area contributed by atoms with Crippen LogP contribution in [0.15, 0.2) is 58.5 Å². The Balaban J connectivity index is 1.75. The Bertz CT molecular complexity index is 1130. The fraction of sp³-hybridized carbons (Fsp3) is 0.348. The lowest BCUT2D eigenvalue weighted by Crippen LogP contribution is -2.43. The monoisotopic (exact) mass is 423 g/mol. The van der Waals surface area contributed by atoms with Crippen molar-refractivity contribution in [3.8, 4) is 11.4 Å². The number of piperidine rings is 1. The van der Waals surface area contributed by atoms with Gasteiger partial charge in [0, 0.05) is 12.6 Å². The topological polar surface area (TPSA) is 64.4 Å². The lowest BCUT2D eigenvalue weighted by atomic mass is 10.0. The molecule has 1 saturated heterocycles. The van der Waals surface area contributed by atoms with Crippen LogP contribution in [0.25, 0.3) is 16.6 Å². The molecule has 4 rings (SSSR count). The Morgan fingerprint density at radius 3 is 2.73 bits per heavy atom. The highest BCUT2D eigenvalue weighted by Crippen LogP contribution is 2.27. The van der Waals surface area contributed by atoms with E-state index in [1.54, 1.807) is 17.7 Å². The van der Waals surface area contributed by atoms with E-state index in [0.717, 1.165) is 25.8 Å². The van der Waals surface area contributed by atoms with Gasteiger partial charge in [0.1, 0.15) is 5.75 Å². The van der Waals surface area contributed by atoms with Crippen LogP contribution in [0.4, 0.5) is 0 Å². The zero-order valence-electron chi connectivity index (χ0n) is 17.2. The van der Waals surface area contributed by atoms with Gasteiger partial charge in [-0.1, -0.05) is 36.0 Å². The third-order valence-corrected chi connectivity index (χ3v) is 6.44. The van der Waals surface area contributed by atoms with Gasteiger partial charge in [0.05, 0.1) is 29.5 Å². The molecule has 6 nitrogen and oxygen atoms in total. The van der Waals surface area contributed by atoms with Gasteiger partial charge in [-0.25, -0.2) is 4.98 Å². The molecule has 30 heavy (non-hydrogen) atoms. The van der Waals surface area contributed by atoms with E-state index in [4.69, 9.17) is 9.72 Å². The second kappa shape index (κ2) is 8.92. The Kier molecular flexibility index (Phi) is 6.08. The average molecular weight is 424 g/mol. The van der Waals surface area contributed by atoms with Gasteiger partial charge < -0.3 is 9.64 Å². The predicted molar refractivity (Wildman–Crippen MR) is 120 cm³/mol. The number of fused-ring (bicyclic) bond motifs is 1. The van der Waals surface area contributed by atoms with Crippen LogP contribution in [-0.2, 0) is 4.79 Å². The van der Waals surface area contributed by atoms with E-state index in [-0.39, 0.29) is 23.3 Å². The first-order valence-electron chi connectivity index (χ1n) is 10.2. The quantitative estimate of drug-likeness (QED) is 0.460. The number of aromatic nitrogens is 2. The van der Waals surface area contributed by atoms with Crippen molar-refractivity contribution in [2.24, 2.45) is 0 Å². The first-order valence-corrected chi connectivity index (χ1v) is 11.2. The summed E-state index contributed by atoms with van der Waals surface area (Å²) in [5, 5.41) is 1.02. The molecule has 7 heteroatoms. The molecule has 0 bridgehead atoms. The molecule has 0 saturated carbocycles. The van der Waals surface area contributed by atoms with E-state index >= 15 is 0 Å². The predicted octanol–water partition coefficient (Wildman–Crippen LogP) is 3.89. The Hall–Kier alpha value is -2.80. The molecule has 156 valence electrons. The largest absolute Gasteiger partial charge is 0.495 e. The highest BCUT2D eigenvalue weighted by Gasteiger charge is 2.24. The molecule has 0 N–H and O–H groups in total. The number of carbonyl (C=O) groups excluding carboxylic acids is 1. The highest BCUT2D eigenvalue weighted by molar-refractivity contribution is 7.99. The average Bonchev–Trinajstić information content (AvgIpc) is 2.78. The van der Waals surface area contributed by atoms with Crippen LogP contribution in [0, 0.1) is 0 Å². The van der Waals surface area contributed by atoms with Crippen molar-refractivity contribution in [1.29, 1.82) is 0 Å². The molecule has 0 aliphatic carbocycles. The lowest BCUT2D eigenvalue weighted by Gasteiger charge is -2.33. The number of amides is 1. The smallest absolute Gasteiger partial charge is 0.266 e. The summed E-state index contributed by atoms with van der Waals surface area (Å²) >= 11 is 1.30. The number of thioether (sulfide) groups is 1. The fourth-order valence-electron chi connectivity index (χ4n) is 3.91. The molecule has 0 unspecified atom stereocenters. The molecule has 1 atom stereocenters. The summed E-state index contributed by atoms with van der Waals surface area (Å²) in [5.74, 6) is 0.903. The minimum atomic E-state index is -0.175. The number of methoxy groups -OCH3 is 1. The molecule has 1 aliphatic rings. The maximum Gasteiger partial charge on any atom is 0.266 e. The van der Waals surface area contributed by atoms with Crippen molar-refractivity contribution >= 4 is 28.6 Å². The molecule has 3 aromatic rings. The number of rotatable bonds is 5. The minimum Gasteiger partial charge on any atom is -0.495 e. The van der Waals surface area contributed by atoms with Crippen molar-refractivity contribution in [3.05, 3.63) is 58.9 Å². The molecule has 2 aromatic carbocycles. The first kappa shape index (κ1) is 20.5. The number of hydrogen-bond donors (Lipinski definition) is 0. The summed E-state index contributed by atoms with van der Waals surface area (Å²) < 4.78 is 7.04. The Labute approximate surface area is 179 Å². The van der Waals surface area contributed by atoms with Gasteiger partial charge in [-0.2, -0.15) is 0 Å². The van der Waals surface area contributed by atoms with E-state index < -0.39 is 0 Å². The van der Waals surface area contributed by atoms with E-state index in [1.165, 1.54) is 11.8 Å². The van der Waals surface area contributed by atoms with Crippen LogP contribution in [0.3, 0.4) is 0 Å².